The average molecular weight is 505 g/mol. The zero-order chi connectivity index (χ0) is 26.3. The standard InChI is InChI=1S/C31H28N4O3/c1-37-27-20-22(19-25(21-32)30-34-33-28-15-9-4-10-18-35(28)30)16-17-26(27)38-31(36)29(23-11-5-2-6-12-23)24-13-7-3-8-14-24/h2-3,5-8,11-14,16-17,19-20,29H,4,9-10,15,18H2,1H3/b25-19+. The quantitative estimate of drug-likeness (QED) is 0.179. The largest absolute Gasteiger partial charge is 0.493 e. The summed E-state index contributed by atoms with van der Waals surface area (Å²) in [6.07, 6.45) is 5.88. The number of aromatic nitrogens is 3. The van der Waals surface area contributed by atoms with E-state index in [1.54, 1.807) is 24.3 Å². The molecule has 0 bridgehead atoms. The Balaban J connectivity index is 1.43. The van der Waals surface area contributed by atoms with E-state index in [-0.39, 0.29) is 0 Å². The van der Waals surface area contributed by atoms with Crippen LogP contribution in [0.1, 0.15) is 53.5 Å². The van der Waals surface area contributed by atoms with Crippen molar-refractivity contribution in [1.29, 1.82) is 5.26 Å². The second-order valence-corrected chi connectivity index (χ2v) is 9.16. The van der Waals surface area contributed by atoms with E-state index in [4.69, 9.17) is 9.47 Å². The van der Waals surface area contributed by atoms with Gasteiger partial charge >= 0.3 is 5.97 Å². The number of nitrogens with zero attached hydrogens (tertiary/aromatic N) is 4. The number of rotatable bonds is 7. The first-order chi connectivity index (χ1) is 18.7. The number of carbonyl (C=O) groups is 1. The fraction of sp³-hybridized carbons (Fsp3) is 0.226. The van der Waals surface area contributed by atoms with Crippen LogP contribution in [0.25, 0.3) is 11.6 Å². The summed E-state index contributed by atoms with van der Waals surface area (Å²) >= 11 is 0. The molecule has 0 saturated carbocycles. The Morgan fingerprint density at radius 2 is 1.66 bits per heavy atom. The molecule has 1 aromatic heterocycles. The van der Waals surface area contributed by atoms with Crippen molar-refractivity contribution in [2.24, 2.45) is 0 Å². The maximum Gasteiger partial charge on any atom is 0.323 e. The first kappa shape index (κ1) is 25.0. The summed E-state index contributed by atoms with van der Waals surface area (Å²) in [5.41, 5.74) is 2.83. The zero-order valence-corrected chi connectivity index (χ0v) is 21.2. The number of esters is 1. The Hall–Kier alpha value is -4.70. The van der Waals surface area contributed by atoms with E-state index in [2.05, 4.69) is 16.3 Å². The average Bonchev–Trinajstić information content (AvgIpc) is 3.20. The summed E-state index contributed by atoms with van der Waals surface area (Å²) in [7, 11) is 1.52. The third kappa shape index (κ3) is 5.35. The number of methoxy groups -OCH3 is 1. The first-order valence-corrected chi connectivity index (χ1v) is 12.7. The molecule has 2 heterocycles. The lowest BCUT2D eigenvalue weighted by molar-refractivity contribution is -0.135. The molecule has 1 aliphatic heterocycles. The van der Waals surface area contributed by atoms with Gasteiger partial charge in [-0.25, -0.2) is 0 Å². The van der Waals surface area contributed by atoms with E-state index in [1.165, 1.54) is 7.11 Å². The monoisotopic (exact) mass is 504 g/mol. The molecule has 0 saturated heterocycles. The van der Waals surface area contributed by atoms with Gasteiger partial charge < -0.3 is 14.0 Å². The van der Waals surface area contributed by atoms with Crippen LogP contribution in [0.15, 0.2) is 78.9 Å². The maximum absolute atomic E-state index is 13.5. The van der Waals surface area contributed by atoms with Gasteiger partial charge in [-0.05, 0) is 47.7 Å². The Kier molecular flexibility index (Phi) is 7.60. The van der Waals surface area contributed by atoms with Gasteiger partial charge in [0.1, 0.15) is 17.8 Å². The van der Waals surface area contributed by atoms with Crippen molar-refractivity contribution in [2.75, 3.05) is 7.11 Å². The van der Waals surface area contributed by atoms with Crippen LogP contribution in [0, 0.1) is 11.3 Å². The normalized spacial score (nSPS) is 13.3. The molecule has 190 valence electrons. The summed E-state index contributed by atoms with van der Waals surface area (Å²) in [5, 5.41) is 18.5. The van der Waals surface area contributed by atoms with Gasteiger partial charge in [0.25, 0.3) is 0 Å². The smallest absolute Gasteiger partial charge is 0.323 e. The SMILES string of the molecule is COc1cc(/C=C(\C#N)c2nnc3n2CCCCC3)ccc1OC(=O)C(c1ccccc1)c1ccccc1. The van der Waals surface area contributed by atoms with Crippen LogP contribution in [0.5, 0.6) is 11.5 Å². The summed E-state index contributed by atoms with van der Waals surface area (Å²) in [5.74, 6) is 1.20. The van der Waals surface area contributed by atoms with Gasteiger partial charge in [-0.15, -0.1) is 10.2 Å². The predicted octanol–water partition coefficient (Wildman–Crippen LogP) is 5.81. The molecule has 3 aromatic carbocycles. The summed E-state index contributed by atoms with van der Waals surface area (Å²) < 4.78 is 13.5. The fourth-order valence-corrected chi connectivity index (χ4v) is 4.78. The van der Waals surface area contributed by atoms with Crippen LogP contribution >= 0.6 is 0 Å². The number of benzene rings is 3. The minimum Gasteiger partial charge on any atom is -0.493 e. The van der Waals surface area contributed by atoms with E-state index >= 15 is 0 Å². The van der Waals surface area contributed by atoms with Gasteiger partial charge in [0, 0.05) is 13.0 Å². The van der Waals surface area contributed by atoms with Crippen molar-refractivity contribution in [3.05, 3.63) is 107 Å². The molecule has 0 radical (unpaired) electrons. The Morgan fingerprint density at radius 1 is 0.947 bits per heavy atom. The minimum absolute atomic E-state index is 0.307. The molecule has 4 aromatic rings. The second-order valence-electron chi connectivity index (χ2n) is 9.16. The zero-order valence-electron chi connectivity index (χ0n) is 21.2. The second kappa shape index (κ2) is 11.6. The van der Waals surface area contributed by atoms with Gasteiger partial charge in [-0.2, -0.15) is 5.26 Å². The Labute approximate surface area is 222 Å². The lowest BCUT2D eigenvalue weighted by Crippen LogP contribution is -2.20. The number of aryl methyl sites for hydroxylation is 1. The van der Waals surface area contributed by atoms with E-state index in [9.17, 15) is 10.1 Å². The van der Waals surface area contributed by atoms with Gasteiger partial charge in [0.2, 0.25) is 0 Å². The molecule has 7 heteroatoms. The van der Waals surface area contributed by atoms with E-state index < -0.39 is 11.9 Å². The van der Waals surface area contributed by atoms with Crippen molar-refractivity contribution in [1.82, 2.24) is 14.8 Å². The number of hydrogen-bond donors (Lipinski definition) is 0. The van der Waals surface area contributed by atoms with Crippen LogP contribution in [0.2, 0.25) is 0 Å². The Bertz CT molecular complexity index is 1450. The molecule has 0 atom stereocenters. The highest BCUT2D eigenvalue weighted by Gasteiger charge is 2.26. The molecular weight excluding hydrogens is 476 g/mol. The number of allylic oxidation sites excluding steroid dienone is 1. The molecule has 0 aliphatic carbocycles. The molecule has 0 N–H and O–H groups in total. The molecule has 0 spiro atoms. The van der Waals surface area contributed by atoms with Gasteiger partial charge in [-0.1, -0.05) is 73.2 Å². The topological polar surface area (TPSA) is 90.0 Å². The molecule has 38 heavy (non-hydrogen) atoms. The van der Waals surface area contributed by atoms with Gasteiger partial charge in [-0.3, -0.25) is 4.79 Å². The van der Waals surface area contributed by atoms with E-state index in [0.717, 1.165) is 54.7 Å². The Morgan fingerprint density at radius 3 is 2.32 bits per heavy atom. The van der Waals surface area contributed by atoms with Gasteiger partial charge in [0.15, 0.2) is 17.3 Å². The van der Waals surface area contributed by atoms with Crippen LogP contribution in [-0.4, -0.2) is 27.8 Å². The van der Waals surface area contributed by atoms with Crippen molar-refractivity contribution in [3.63, 3.8) is 0 Å². The maximum atomic E-state index is 13.5. The number of carbonyl (C=O) groups excluding carboxylic acids is 1. The van der Waals surface area contributed by atoms with Gasteiger partial charge in [0.05, 0.1) is 12.7 Å². The summed E-state index contributed by atoms with van der Waals surface area (Å²) in [6.45, 7) is 0.804. The van der Waals surface area contributed by atoms with Crippen molar-refractivity contribution < 1.29 is 14.3 Å². The lowest BCUT2D eigenvalue weighted by Gasteiger charge is -2.18. The molecule has 0 unspecified atom stereocenters. The van der Waals surface area contributed by atoms with E-state index in [1.807, 2.05) is 65.2 Å². The van der Waals surface area contributed by atoms with Crippen LogP contribution in [-0.2, 0) is 17.8 Å². The predicted molar refractivity (Wildman–Crippen MR) is 144 cm³/mol. The fourth-order valence-electron chi connectivity index (χ4n) is 4.78. The lowest BCUT2D eigenvalue weighted by atomic mass is 9.91. The molecule has 0 amide bonds. The van der Waals surface area contributed by atoms with Crippen LogP contribution in [0.3, 0.4) is 0 Å². The molecule has 0 fully saturated rings. The minimum atomic E-state index is -0.588. The van der Waals surface area contributed by atoms with Crippen LogP contribution < -0.4 is 9.47 Å². The number of hydrogen-bond acceptors (Lipinski definition) is 6. The third-order valence-electron chi connectivity index (χ3n) is 6.68. The van der Waals surface area contributed by atoms with Crippen LogP contribution in [0.4, 0.5) is 0 Å². The van der Waals surface area contributed by atoms with Crippen molar-refractivity contribution >= 4 is 17.6 Å². The number of fused-ring (bicyclic) bond motifs is 1. The number of nitriles is 1. The molecular formula is C31H28N4O3. The molecule has 1 aliphatic rings. The third-order valence-corrected chi connectivity index (χ3v) is 6.68. The van der Waals surface area contributed by atoms with Crippen molar-refractivity contribution in [3.8, 4) is 17.6 Å². The number of ether oxygens (including phenoxy) is 2. The molecule has 7 nitrogen and oxygen atoms in total. The molecule has 5 rings (SSSR count). The first-order valence-electron chi connectivity index (χ1n) is 12.7. The van der Waals surface area contributed by atoms with Crippen molar-refractivity contribution in [2.45, 2.75) is 38.1 Å². The van der Waals surface area contributed by atoms with E-state index in [0.29, 0.717) is 22.9 Å². The highest BCUT2D eigenvalue weighted by Crippen LogP contribution is 2.33. The highest BCUT2D eigenvalue weighted by molar-refractivity contribution is 5.88. The summed E-state index contributed by atoms with van der Waals surface area (Å²) in [4.78, 5) is 13.5. The highest BCUT2D eigenvalue weighted by atomic mass is 16.6. The summed E-state index contributed by atoms with van der Waals surface area (Å²) in [6, 6.07) is 26.6.